The third kappa shape index (κ3) is 6.98. The Labute approximate surface area is 208 Å². The van der Waals surface area contributed by atoms with Crippen LogP contribution in [0, 0.1) is 10.1 Å². The third-order valence-electron chi connectivity index (χ3n) is 4.92. The molecule has 34 heavy (non-hydrogen) atoms. The van der Waals surface area contributed by atoms with Gasteiger partial charge in [-0.1, -0.05) is 36.2 Å². The number of nitrogens with one attached hydrogen (secondary N) is 1. The first-order chi connectivity index (χ1) is 16.1. The summed E-state index contributed by atoms with van der Waals surface area (Å²) in [7, 11) is 1.30. The van der Waals surface area contributed by atoms with E-state index >= 15 is 0 Å². The van der Waals surface area contributed by atoms with Crippen molar-refractivity contribution in [1.82, 2.24) is 10.2 Å². The second-order valence-electron chi connectivity index (χ2n) is 7.69. The average molecular weight is 512 g/mol. The lowest BCUT2D eigenvalue weighted by molar-refractivity contribution is -0.385. The Morgan fingerprint density at radius 2 is 1.82 bits per heavy atom. The Hall–Kier alpha value is -3.04. The zero-order chi connectivity index (χ0) is 25.4. The lowest BCUT2D eigenvalue weighted by Gasteiger charge is -2.31. The molecule has 0 heterocycles. The number of amides is 2. The van der Waals surface area contributed by atoms with E-state index < -0.39 is 23.5 Å². The zero-order valence-corrected chi connectivity index (χ0v) is 20.9. The maximum atomic E-state index is 13.3. The summed E-state index contributed by atoms with van der Waals surface area (Å²) in [6, 6.07) is 8.00. The van der Waals surface area contributed by atoms with Crippen molar-refractivity contribution in [3.8, 4) is 11.5 Å². The van der Waals surface area contributed by atoms with E-state index in [9.17, 15) is 19.7 Å². The number of carbonyl (C=O) groups is 2. The first kappa shape index (κ1) is 27.2. The molecule has 2 aromatic rings. The molecule has 0 radical (unpaired) electrons. The summed E-state index contributed by atoms with van der Waals surface area (Å²) in [6.45, 7) is 5.02. The van der Waals surface area contributed by atoms with E-state index in [0.717, 1.165) is 0 Å². The van der Waals surface area contributed by atoms with Crippen molar-refractivity contribution in [3.05, 3.63) is 62.1 Å². The van der Waals surface area contributed by atoms with Gasteiger partial charge in [-0.05, 0) is 38.5 Å². The zero-order valence-electron chi connectivity index (χ0n) is 19.3. The van der Waals surface area contributed by atoms with E-state index in [1.54, 1.807) is 25.1 Å². The molecule has 0 aliphatic heterocycles. The van der Waals surface area contributed by atoms with Gasteiger partial charge in [-0.2, -0.15) is 0 Å². The van der Waals surface area contributed by atoms with E-state index in [0.29, 0.717) is 22.0 Å². The van der Waals surface area contributed by atoms with Gasteiger partial charge in [0.2, 0.25) is 11.7 Å². The van der Waals surface area contributed by atoms with Crippen LogP contribution in [0.1, 0.15) is 32.8 Å². The Balaban J connectivity index is 2.31. The molecule has 0 bridgehead atoms. The highest BCUT2D eigenvalue weighted by molar-refractivity contribution is 6.36. The monoisotopic (exact) mass is 511 g/mol. The molecular weight excluding hydrogens is 485 g/mol. The van der Waals surface area contributed by atoms with Crippen molar-refractivity contribution in [3.63, 3.8) is 0 Å². The SMILES string of the molecule is CC[C@@H](C(=O)NC(C)C)N(Cc1c(Cl)cccc1Cl)C(=O)COc1ccc([N+](=O)[O-])c(OC)c1. The second kappa shape index (κ2) is 12.4. The molecule has 0 saturated carbocycles. The summed E-state index contributed by atoms with van der Waals surface area (Å²) in [5, 5.41) is 14.7. The summed E-state index contributed by atoms with van der Waals surface area (Å²) >= 11 is 12.6. The van der Waals surface area contributed by atoms with E-state index in [1.165, 1.54) is 30.2 Å². The number of carbonyl (C=O) groups excluding carboxylic acids is 2. The van der Waals surface area contributed by atoms with Gasteiger partial charge in [0, 0.05) is 40.3 Å². The van der Waals surface area contributed by atoms with Crippen LogP contribution in [0.4, 0.5) is 5.69 Å². The van der Waals surface area contributed by atoms with E-state index in [-0.39, 0.29) is 35.7 Å². The Morgan fingerprint density at radius 3 is 2.35 bits per heavy atom. The van der Waals surface area contributed by atoms with Crippen molar-refractivity contribution >= 4 is 40.7 Å². The third-order valence-corrected chi connectivity index (χ3v) is 5.63. The molecule has 0 spiro atoms. The molecule has 0 aromatic heterocycles. The number of benzene rings is 2. The summed E-state index contributed by atoms with van der Waals surface area (Å²) in [5.41, 5.74) is 0.277. The van der Waals surface area contributed by atoms with Crippen molar-refractivity contribution in [2.75, 3.05) is 13.7 Å². The lowest BCUT2D eigenvalue weighted by atomic mass is 10.1. The summed E-state index contributed by atoms with van der Waals surface area (Å²) in [4.78, 5) is 38.0. The molecule has 9 nitrogen and oxygen atoms in total. The van der Waals surface area contributed by atoms with E-state index in [1.807, 2.05) is 13.8 Å². The molecule has 0 fully saturated rings. The number of hydrogen-bond acceptors (Lipinski definition) is 6. The summed E-state index contributed by atoms with van der Waals surface area (Å²) in [5.74, 6) is -0.603. The topological polar surface area (TPSA) is 111 Å². The van der Waals surface area contributed by atoms with Gasteiger partial charge in [-0.3, -0.25) is 19.7 Å². The molecule has 2 aromatic carbocycles. The van der Waals surface area contributed by atoms with E-state index in [2.05, 4.69) is 5.32 Å². The van der Waals surface area contributed by atoms with Crippen LogP contribution in [0.3, 0.4) is 0 Å². The Kier molecular flexibility index (Phi) is 9.95. The van der Waals surface area contributed by atoms with Crippen LogP contribution in [0.2, 0.25) is 10.0 Å². The molecule has 1 N–H and O–H groups in total. The minimum absolute atomic E-state index is 0.00241. The molecule has 0 saturated heterocycles. The standard InChI is InChI=1S/C23H27Cl2N3O6/c1-5-19(23(30)26-14(2)3)27(12-16-17(24)7-6-8-18(16)25)22(29)13-34-15-9-10-20(28(31)32)21(11-15)33-4/h6-11,14,19H,5,12-13H2,1-4H3,(H,26,30)/t19-/m0/s1. The largest absolute Gasteiger partial charge is 0.490 e. The van der Waals surface area contributed by atoms with Gasteiger partial charge >= 0.3 is 5.69 Å². The van der Waals surface area contributed by atoms with Crippen LogP contribution in [-0.4, -0.2) is 47.4 Å². The normalized spacial score (nSPS) is 11.6. The number of nitro groups is 1. The fourth-order valence-corrected chi connectivity index (χ4v) is 3.80. The Morgan fingerprint density at radius 1 is 1.18 bits per heavy atom. The Bertz CT molecular complexity index is 1030. The molecule has 0 aliphatic carbocycles. The van der Waals surface area contributed by atoms with Crippen molar-refractivity contribution in [1.29, 1.82) is 0 Å². The smallest absolute Gasteiger partial charge is 0.311 e. The number of ether oxygens (including phenoxy) is 2. The molecular formula is C23H27Cl2N3O6. The van der Waals surface area contributed by atoms with Gasteiger partial charge < -0.3 is 19.7 Å². The molecule has 0 aliphatic rings. The van der Waals surface area contributed by atoms with Gasteiger partial charge in [0.05, 0.1) is 12.0 Å². The average Bonchev–Trinajstić information content (AvgIpc) is 2.78. The number of nitrogens with zero attached hydrogens (tertiary/aromatic N) is 2. The minimum atomic E-state index is -0.794. The molecule has 2 rings (SSSR count). The van der Waals surface area contributed by atoms with Crippen LogP contribution in [0.25, 0.3) is 0 Å². The predicted molar refractivity (Wildman–Crippen MR) is 130 cm³/mol. The second-order valence-corrected chi connectivity index (χ2v) is 8.50. The highest BCUT2D eigenvalue weighted by atomic mass is 35.5. The van der Waals surface area contributed by atoms with Crippen LogP contribution >= 0.6 is 23.2 Å². The van der Waals surface area contributed by atoms with Crippen molar-refractivity contribution < 1.29 is 24.0 Å². The van der Waals surface area contributed by atoms with Gasteiger partial charge in [0.1, 0.15) is 11.8 Å². The highest BCUT2D eigenvalue weighted by Crippen LogP contribution is 2.31. The van der Waals surface area contributed by atoms with Gasteiger partial charge in [-0.25, -0.2) is 0 Å². The molecule has 2 amide bonds. The molecule has 1 atom stereocenters. The quantitative estimate of drug-likeness (QED) is 0.348. The summed E-state index contributed by atoms with van der Waals surface area (Å²) < 4.78 is 10.6. The first-order valence-electron chi connectivity index (χ1n) is 10.6. The van der Waals surface area contributed by atoms with Crippen molar-refractivity contribution in [2.24, 2.45) is 0 Å². The van der Waals surface area contributed by atoms with Crippen LogP contribution in [0.5, 0.6) is 11.5 Å². The summed E-state index contributed by atoms with van der Waals surface area (Å²) in [6.07, 6.45) is 0.345. The maximum Gasteiger partial charge on any atom is 0.311 e. The lowest BCUT2D eigenvalue weighted by Crippen LogP contribution is -2.51. The fourth-order valence-electron chi connectivity index (χ4n) is 3.28. The first-order valence-corrected chi connectivity index (χ1v) is 11.3. The van der Waals surface area contributed by atoms with Crippen LogP contribution in [-0.2, 0) is 16.1 Å². The van der Waals surface area contributed by atoms with Crippen LogP contribution in [0.15, 0.2) is 36.4 Å². The van der Waals surface area contributed by atoms with Gasteiger partial charge in [0.25, 0.3) is 5.91 Å². The van der Waals surface area contributed by atoms with Crippen LogP contribution < -0.4 is 14.8 Å². The molecule has 0 unspecified atom stereocenters. The van der Waals surface area contributed by atoms with Crippen molar-refractivity contribution in [2.45, 2.75) is 45.8 Å². The number of hydrogen-bond donors (Lipinski definition) is 1. The fraction of sp³-hybridized carbons (Fsp3) is 0.391. The molecule has 184 valence electrons. The number of halogens is 2. The van der Waals surface area contributed by atoms with E-state index in [4.69, 9.17) is 32.7 Å². The van der Waals surface area contributed by atoms with Gasteiger partial charge in [0.15, 0.2) is 6.61 Å². The number of nitro benzene ring substituents is 1. The number of methoxy groups -OCH3 is 1. The predicted octanol–water partition coefficient (Wildman–Crippen LogP) is 4.62. The van der Waals surface area contributed by atoms with Gasteiger partial charge in [-0.15, -0.1) is 0 Å². The number of rotatable bonds is 11. The maximum absolute atomic E-state index is 13.3. The molecule has 11 heteroatoms. The minimum Gasteiger partial charge on any atom is -0.490 e. The highest BCUT2D eigenvalue weighted by Gasteiger charge is 2.30.